The van der Waals surface area contributed by atoms with E-state index in [9.17, 15) is 9.59 Å². The lowest BCUT2D eigenvalue weighted by molar-refractivity contribution is -0.120. The molecule has 4 heterocycles. The predicted molar refractivity (Wildman–Crippen MR) is 125 cm³/mol. The van der Waals surface area contributed by atoms with Gasteiger partial charge < -0.3 is 15.1 Å². The van der Waals surface area contributed by atoms with Crippen LogP contribution in [0.5, 0.6) is 0 Å². The van der Waals surface area contributed by atoms with E-state index in [1.165, 1.54) is 0 Å². The normalized spacial score (nSPS) is 20.0. The minimum atomic E-state index is -0.435. The maximum absolute atomic E-state index is 13.3. The fourth-order valence-electron chi connectivity index (χ4n) is 4.22. The summed E-state index contributed by atoms with van der Waals surface area (Å²) in [5.41, 5.74) is 2.84. The molecule has 9 nitrogen and oxygen atoms in total. The summed E-state index contributed by atoms with van der Waals surface area (Å²) in [5.74, 6) is -0.102. The van der Waals surface area contributed by atoms with Crippen LogP contribution in [0, 0.1) is 5.92 Å². The number of carbonyl (C=O) groups excluding carboxylic acids is 2. The lowest BCUT2D eigenvalue weighted by Gasteiger charge is -2.33. The Kier molecular flexibility index (Phi) is 6.10. The fourth-order valence-corrected chi connectivity index (χ4v) is 4.22. The molecule has 0 saturated carbocycles. The van der Waals surface area contributed by atoms with E-state index in [0.717, 1.165) is 37.6 Å². The molecule has 2 aromatic heterocycles. The number of carbonyl (C=O) groups is 2. The number of rotatable bonds is 5. The number of dihydropyridines is 1. The number of fused-ring (bicyclic) bond motifs is 1. The van der Waals surface area contributed by atoms with Crippen LogP contribution >= 0.6 is 0 Å². The standard InChI is InChI=1S/C23H31N7O2/c1-14(2)30-21-19(13-25-30)17(11-20(27-21)29-8-6-28(5)7-9-29)22(31)24-12-18-15(3)10-16(4)26-23(18)32/h10-11,13-14,18H,6-9,12H2,1-5H3,(H,24,31). The number of pyridine rings is 1. The highest BCUT2D eigenvalue weighted by molar-refractivity contribution is 6.07. The van der Waals surface area contributed by atoms with Gasteiger partial charge in [-0.3, -0.25) is 9.59 Å². The smallest absolute Gasteiger partial charge is 0.254 e. The Balaban J connectivity index is 1.64. The number of piperazine rings is 1. The Morgan fingerprint density at radius 2 is 1.94 bits per heavy atom. The lowest BCUT2D eigenvalue weighted by atomic mass is 9.95. The molecule has 1 saturated heterocycles. The number of likely N-dealkylation sites (N-methyl/N-ethyl adjacent to an activating group) is 1. The Morgan fingerprint density at radius 1 is 1.22 bits per heavy atom. The molecule has 170 valence electrons. The predicted octanol–water partition coefficient (Wildman–Crippen LogP) is 2.06. The number of allylic oxidation sites excluding steroid dienone is 1. The Morgan fingerprint density at radius 3 is 2.59 bits per heavy atom. The van der Waals surface area contributed by atoms with E-state index in [4.69, 9.17) is 4.98 Å². The van der Waals surface area contributed by atoms with Crippen molar-refractivity contribution >= 4 is 34.4 Å². The van der Waals surface area contributed by atoms with Crippen molar-refractivity contribution in [2.75, 3.05) is 44.7 Å². The van der Waals surface area contributed by atoms with E-state index < -0.39 is 5.92 Å². The Hall–Kier alpha value is -3.07. The third kappa shape index (κ3) is 4.29. The molecule has 0 aromatic carbocycles. The molecule has 4 rings (SSSR count). The van der Waals surface area contributed by atoms with Gasteiger partial charge in [0.25, 0.3) is 11.8 Å². The highest BCUT2D eigenvalue weighted by Crippen LogP contribution is 2.26. The van der Waals surface area contributed by atoms with Gasteiger partial charge in [-0.25, -0.2) is 14.7 Å². The molecule has 0 aliphatic carbocycles. The lowest BCUT2D eigenvalue weighted by Crippen LogP contribution is -2.45. The second-order valence-corrected chi connectivity index (χ2v) is 8.98. The van der Waals surface area contributed by atoms with Gasteiger partial charge in [0.1, 0.15) is 5.82 Å². The summed E-state index contributed by atoms with van der Waals surface area (Å²) >= 11 is 0. The highest BCUT2D eigenvalue weighted by Gasteiger charge is 2.26. The number of aliphatic imine (C=N–C) groups is 1. The molecule has 2 aliphatic heterocycles. The molecule has 9 heteroatoms. The SMILES string of the molecule is CC1=CC(C)=NC(=O)C1CNC(=O)c1cc(N2CCN(C)CC2)nc2c1cnn2C(C)C. The number of aromatic nitrogens is 3. The fraction of sp³-hybridized carbons (Fsp3) is 0.522. The van der Waals surface area contributed by atoms with Crippen molar-refractivity contribution in [3.05, 3.63) is 29.5 Å². The van der Waals surface area contributed by atoms with Gasteiger partial charge in [-0.05, 0) is 46.9 Å². The first-order valence-electron chi connectivity index (χ1n) is 11.1. The van der Waals surface area contributed by atoms with Gasteiger partial charge in [-0.1, -0.05) is 5.57 Å². The monoisotopic (exact) mass is 437 g/mol. The van der Waals surface area contributed by atoms with E-state index in [1.807, 2.05) is 37.6 Å². The summed E-state index contributed by atoms with van der Waals surface area (Å²) in [5, 5.41) is 8.15. The van der Waals surface area contributed by atoms with Crippen LogP contribution in [0.25, 0.3) is 11.0 Å². The zero-order valence-electron chi connectivity index (χ0n) is 19.4. The van der Waals surface area contributed by atoms with Gasteiger partial charge in [-0.2, -0.15) is 5.10 Å². The van der Waals surface area contributed by atoms with Crippen LogP contribution in [0.2, 0.25) is 0 Å². The summed E-state index contributed by atoms with van der Waals surface area (Å²) in [6, 6.07) is 1.97. The number of hydrogen-bond donors (Lipinski definition) is 1. The van der Waals surface area contributed by atoms with E-state index in [-0.39, 0.29) is 24.4 Å². The first-order chi connectivity index (χ1) is 15.2. The van der Waals surface area contributed by atoms with Crippen LogP contribution in [-0.2, 0) is 4.79 Å². The van der Waals surface area contributed by atoms with Gasteiger partial charge in [0, 0.05) is 44.5 Å². The first kappa shape index (κ1) is 22.1. The van der Waals surface area contributed by atoms with E-state index in [2.05, 4.69) is 32.3 Å². The summed E-state index contributed by atoms with van der Waals surface area (Å²) in [4.78, 5) is 39.0. The third-order valence-corrected chi connectivity index (χ3v) is 6.15. The molecular formula is C23H31N7O2. The molecule has 1 unspecified atom stereocenters. The average molecular weight is 438 g/mol. The van der Waals surface area contributed by atoms with E-state index in [1.54, 1.807) is 13.1 Å². The molecule has 2 aliphatic rings. The summed E-state index contributed by atoms with van der Waals surface area (Å²) in [6.45, 7) is 11.6. The van der Waals surface area contributed by atoms with Crippen LogP contribution in [0.1, 0.15) is 44.1 Å². The van der Waals surface area contributed by atoms with Gasteiger partial charge in [-0.15, -0.1) is 0 Å². The minimum Gasteiger partial charge on any atom is -0.354 e. The zero-order chi connectivity index (χ0) is 23.0. The molecule has 2 aromatic rings. The van der Waals surface area contributed by atoms with Crippen LogP contribution in [-0.4, -0.2) is 77.0 Å². The summed E-state index contributed by atoms with van der Waals surface area (Å²) in [7, 11) is 2.11. The summed E-state index contributed by atoms with van der Waals surface area (Å²) in [6.07, 6.45) is 3.59. The second kappa shape index (κ2) is 8.82. The number of anilines is 1. The average Bonchev–Trinajstić information content (AvgIpc) is 3.17. The van der Waals surface area contributed by atoms with Crippen molar-refractivity contribution in [3.8, 4) is 0 Å². The van der Waals surface area contributed by atoms with Crippen molar-refractivity contribution in [3.63, 3.8) is 0 Å². The van der Waals surface area contributed by atoms with Gasteiger partial charge in [0.15, 0.2) is 5.65 Å². The molecule has 2 amide bonds. The first-order valence-corrected chi connectivity index (χ1v) is 11.1. The van der Waals surface area contributed by atoms with Gasteiger partial charge in [0.2, 0.25) is 0 Å². The molecule has 1 atom stereocenters. The third-order valence-electron chi connectivity index (χ3n) is 6.15. The molecule has 1 N–H and O–H groups in total. The van der Waals surface area contributed by atoms with Crippen molar-refractivity contribution in [2.45, 2.75) is 33.7 Å². The van der Waals surface area contributed by atoms with Crippen molar-refractivity contribution in [1.82, 2.24) is 25.0 Å². The summed E-state index contributed by atoms with van der Waals surface area (Å²) < 4.78 is 1.85. The minimum absolute atomic E-state index is 0.118. The second-order valence-electron chi connectivity index (χ2n) is 8.98. The van der Waals surface area contributed by atoms with E-state index >= 15 is 0 Å². The van der Waals surface area contributed by atoms with E-state index in [0.29, 0.717) is 22.3 Å². The zero-order valence-corrected chi connectivity index (χ0v) is 19.4. The number of nitrogens with one attached hydrogen (secondary N) is 1. The molecule has 0 bridgehead atoms. The van der Waals surface area contributed by atoms with Gasteiger partial charge >= 0.3 is 0 Å². The van der Waals surface area contributed by atoms with Crippen LogP contribution in [0.4, 0.5) is 5.82 Å². The van der Waals surface area contributed by atoms with Gasteiger partial charge in [0.05, 0.1) is 23.1 Å². The van der Waals surface area contributed by atoms with Crippen LogP contribution < -0.4 is 10.2 Å². The quantitative estimate of drug-likeness (QED) is 0.769. The maximum Gasteiger partial charge on any atom is 0.254 e. The molecule has 0 spiro atoms. The van der Waals surface area contributed by atoms with Crippen LogP contribution in [0.3, 0.4) is 0 Å². The maximum atomic E-state index is 13.3. The molecule has 0 radical (unpaired) electrons. The van der Waals surface area contributed by atoms with Crippen molar-refractivity contribution in [1.29, 1.82) is 0 Å². The number of hydrogen-bond acceptors (Lipinski definition) is 6. The van der Waals surface area contributed by atoms with Crippen LogP contribution in [0.15, 0.2) is 28.9 Å². The van der Waals surface area contributed by atoms with Crippen molar-refractivity contribution in [2.24, 2.45) is 10.9 Å². The Labute approximate surface area is 188 Å². The highest BCUT2D eigenvalue weighted by atomic mass is 16.2. The Bertz CT molecular complexity index is 1110. The molecular weight excluding hydrogens is 406 g/mol. The number of nitrogens with zero attached hydrogens (tertiary/aromatic N) is 6. The number of amides is 2. The van der Waals surface area contributed by atoms with Crippen molar-refractivity contribution < 1.29 is 9.59 Å². The largest absolute Gasteiger partial charge is 0.354 e. The molecule has 1 fully saturated rings. The molecule has 32 heavy (non-hydrogen) atoms. The topological polar surface area (TPSA) is 95.7 Å².